The van der Waals surface area contributed by atoms with Crippen LogP contribution in [0, 0.1) is 0 Å². The third-order valence-electron chi connectivity index (χ3n) is 5.50. The molecule has 1 aliphatic carbocycles. The molecule has 1 aliphatic heterocycles. The van der Waals surface area contributed by atoms with E-state index in [-0.39, 0.29) is 17.5 Å². The number of nitrogens with one attached hydrogen (secondary N) is 2. The minimum atomic E-state index is -1.52. The number of carbonyl (C=O) groups excluding carboxylic acids is 1. The first kappa shape index (κ1) is 22.4. The van der Waals surface area contributed by atoms with E-state index < -0.39 is 12.2 Å². The smallest absolute Gasteiger partial charge is 0.236 e. The fraction of sp³-hybridized carbons (Fsp3) is 0.409. The first-order chi connectivity index (χ1) is 15.5. The highest BCUT2D eigenvalue weighted by molar-refractivity contribution is 6.30. The number of fused-ring (bicyclic) bond motifs is 1. The van der Waals surface area contributed by atoms with Gasteiger partial charge in [0.25, 0.3) is 0 Å². The monoisotopic (exact) mass is 461 g/mol. The number of rotatable bonds is 1. The van der Waals surface area contributed by atoms with Crippen molar-refractivity contribution in [2.75, 3.05) is 31.9 Å². The lowest BCUT2D eigenvalue weighted by Gasteiger charge is -2.31. The summed E-state index contributed by atoms with van der Waals surface area (Å²) < 4.78 is 21.1. The number of halogens is 2. The molecule has 2 N–H and O–H groups in total. The van der Waals surface area contributed by atoms with Crippen LogP contribution in [0.4, 0.5) is 10.2 Å². The molecule has 2 heterocycles. The van der Waals surface area contributed by atoms with Crippen LogP contribution in [0.25, 0.3) is 10.9 Å². The molecule has 2 atom stereocenters. The molecule has 2 aromatic rings. The number of alkyl halides is 1. The lowest BCUT2D eigenvalue weighted by molar-refractivity contribution is -0.122. The second-order valence-corrected chi connectivity index (χ2v) is 8.01. The van der Waals surface area contributed by atoms with Crippen molar-refractivity contribution in [1.82, 2.24) is 20.6 Å². The molecule has 2 unspecified atom stereocenters. The SMILES string of the molecule is CON1C2=C(CNC(C)C(=O)NCCCOc3ccc4ncnc1c4c3)C(F)C(Cl)=CC2. The number of nitrogens with zero attached hydrogens (tertiary/aromatic N) is 3. The van der Waals surface area contributed by atoms with Gasteiger partial charge in [0, 0.05) is 30.5 Å². The van der Waals surface area contributed by atoms with Gasteiger partial charge in [0.05, 0.1) is 36.0 Å². The van der Waals surface area contributed by atoms with Gasteiger partial charge in [-0.05, 0) is 31.5 Å². The van der Waals surface area contributed by atoms with Crippen LogP contribution in [0.5, 0.6) is 5.75 Å². The molecule has 2 bridgehead atoms. The number of hydrogen-bond acceptors (Lipinski definition) is 7. The molecule has 2 aliphatic rings. The number of benzene rings is 1. The maximum Gasteiger partial charge on any atom is 0.236 e. The molecule has 0 fully saturated rings. The zero-order valence-corrected chi connectivity index (χ0v) is 18.7. The van der Waals surface area contributed by atoms with Gasteiger partial charge in [0.1, 0.15) is 12.1 Å². The van der Waals surface area contributed by atoms with Gasteiger partial charge in [0.15, 0.2) is 12.0 Å². The highest BCUT2D eigenvalue weighted by Crippen LogP contribution is 2.36. The number of hydroxylamine groups is 1. The molecule has 1 aromatic carbocycles. The zero-order chi connectivity index (χ0) is 22.7. The number of aromatic nitrogens is 2. The Morgan fingerprint density at radius 2 is 2.19 bits per heavy atom. The van der Waals surface area contributed by atoms with Crippen molar-refractivity contribution in [2.24, 2.45) is 0 Å². The Morgan fingerprint density at radius 3 is 3.00 bits per heavy atom. The fourth-order valence-corrected chi connectivity index (χ4v) is 3.94. The molecule has 4 rings (SSSR count). The predicted octanol–water partition coefficient (Wildman–Crippen LogP) is 2.99. The first-order valence-corrected chi connectivity index (χ1v) is 10.8. The summed E-state index contributed by atoms with van der Waals surface area (Å²) in [6, 6.07) is 4.97. The summed E-state index contributed by atoms with van der Waals surface area (Å²) in [5, 5.41) is 8.27. The Balaban J connectivity index is 1.83. The van der Waals surface area contributed by atoms with Crippen molar-refractivity contribution < 1.29 is 18.8 Å². The zero-order valence-electron chi connectivity index (χ0n) is 17.9. The molecule has 0 spiro atoms. The van der Waals surface area contributed by atoms with Gasteiger partial charge in [0.2, 0.25) is 5.91 Å². The maximum absolute atomic E-state index is 15.2. The second kappa shape index (κ2) is 9.81. The summed E-state index contributed by atoms with van der Waals surface area (Å²) in [6.45, 7) is 2.76. The number of allylic oxidation sites excluding steroid dienone is 2. The van der Waals surface area contributed by atoms with Crippen molar-refractivity contribution in [3.05, 3.63) is 46.9 Å². The number of ether oxygens (including phenoxy) is 1. The van der Waals surface area contributed by atoms with Crippen LogP contribution in [0.2, 0.25) is 0 Å². The lowest BCUT2D eigenvalue weighted by Crippen LogP contribution is -2.44. The quantitative estimate of drug-likeness (QED) is 0.674. The number of amides is 1. The third kappa shape index (κ3) is 4.55. The van der Waals surface area contributed by atoms with E-state index in [4.69, 9.17) is 21.2 Å². The van der Waals surface area contributed by atoms with E-state index in [0.29, 0.717) is 59.7 Å². The summed E-state index contributed by atoms with van der Waals surface area (Å²) in [7, 11) is 1.49. The van der Waals surface area contributed by atoms with Crippen molar-refractivity contribution in [1.29, 1.82) is 0 Å². The van der Waals surface area contributed by atoms with E-state index in [0.717, 1.165) is 0 Å². The van der Waals surface area contributed by atoms with E-state index in [1.165, 1.54) is 18.5 Å². The van der Waals surface area contributed by atoms with Crippen LogP contribution in [0.3, 0.4) is 0 Å². The van der Waals surface area contributed by atoms with Gasteiger partial charge in [-0.3, -0.25) is 9.63 Å². The average Bonchev–Trinajstić information content (AvgIpc) is 2.80. The van der Waals surface area contributed by atoms with Crippen LogP contribution in [0.1, 0.15) is 19.8 Å². The van der Waals surface area contributed by atoms with Crippen LogP contribution in [-0.4, -0.2) is 54.9 Å². The molecular weight excluding hydrogens is 437 g/mol. The fourth-order valence-electron chi connectivity index (χ4n) is 3.73. The van der Waals surface area contributed by atoms with Gasteiger partial charge in [-0.1, -0.05) is 17.7 Å². The highest BCUT2D eigenvalue weighted by Gasteiger charge is 2.30. The first-order valence-electron chi connectivity index (χ1n) is 10.4. The number of hydrogen-bond donors (Lipinski definition) is 2. The normalized spacial score (nSPS) is 22.9. The average molecular weight is 462 g/mol. The van der Waals surface area contributed by atoms with Crippen LogP contribution >= 0.6 is 11.6 Å². The van der Waals surface area contributed by atoms with Crippen LogP contribution in [0.15, 0.2) is 46.9 Å². The molecule has 1 aromatic heterocycles. The molecule has 0 saturated heterocycles. The minimum absolute atomic E-state index is 0.108. The van der Waals surface area contributed by atoms with E-state index >= 15 is 4.39 Å². The van der Waals surface area contributed by atoms with Gasteiger partial charge >= 0.3 is 0 Å². The van der Waals surface area contributed by atoms with Crippen molar-refractivity contribution in [3.63, 3.8) is 0 Å². The predicted molar refractivity (Wildman–Crippen MR) is 120 cm³/mol. The molecule has 170 valence electrons. The van der Waals surface area contributed by atoms with Crippen LogP contribution < -0.4 is 20.4 Å². The Kier molecular flexibility index (Phi) is 6.88. The van der Waals surface area contributed by atoms with Gasteiger partial charge in [-0.15, -0.1) is 0 Å². The third-order valence-corrected chi connectivity index (χ3v) is 5.84. The van der Waals surface area contributed by atoms with E-state index in [1.807, 2.05) is 18.2 Å². The second-order valence-electron chi connectivity index (χ2n) is 7.58. The van der Waals surface area contributed by atoms with Gasteiger partial charge in [-0.25, -0.2) is 19.4 Å². The Labute approximate surface area is 190 Å². The van der Waals surface area contributed by atoms with E-state index in [2.05, 4.69) is 20.6 Å². The van der Waals surface area contributed by atoms with E-state index in [1.54, 1.807) is 13.0 Å². The molecule has 0 radical (unpaired) electrons. The molecule has 8 nitrogen and oxygen atoms in total. The molecule has 10 heteroatoms. The van der Waals surface area contributed by atoms with Gasteiger partial charge < -0.3 is 15.4 Å². The van der Waals surface area contributed by atoms with Crippen molar-refractivity contribution >= 4 is 34.2 Å². The Morgan fingerprint density at radius 1 is 1.34 bits per heavy atom. The summed E-state index contributed by atoms with van der Waals surface area (Å²) in [6.07, 6.45) is 2.51. The van der Waals surface area contributed by atoms with Gasteiger partial charge in [-0.2, -0.15) is 0 Å². The standard InChI is InChI=1S/C22H25ClFN5O3/c1-13-22(30)25-8-3-9-32-14-4-6-18-15(10-14)21(28-12-27-18)29(31-2)19-7-5-17(23)20(24)16(19)11-26-13/h4-6,10,12-13,20,26H,3,7-9,11H2,1-2H3,(H,25,30). The van der Waals surface area contributed by atoms with Crippen molar-refractivity contribution in [3.8, 4) is 5.75 Å². The van der Waals surface area contributed by atoms with E-state index in [9.17, 15) is 4.79 Å². The largest absolute Gasteiger partial charge is 0.494 e. The summed E-state index contributed by atoms with van der Waals surface area (Å²) in [5.41, 5.74) is 1.64. The summed E-state index contributed by atoms with van der Waals surface area (Å²) >= 11 is 6.13. The van der Waals surface area contributed by atoms with Crippen LogP contribution in [-0.2, 0) is 9.63 Å². The highest BCUT2D eigenvalue weighted by atomic mass is 35.5. The van der Waals surface area contributed by atoms with Crippen molar-refractivity contribution in [2.45, 2.75) is 32.0 Å². The maximum atomic E-state index is 15.2. The topological polar surface area (TPSA) is 88.6 Å². The molecular formula is C22H25ClFN5O3. The minimum Gasteiger partial charge on any atom is -0.494 e. The summed E-state index contributed by atoms with van der Waals surface area (Å²) in [5.74, 6) is 0.935. The lowest BCUT2D eigenvalue weighted by atomic mass is 9.99. The number of carbonyl (C=O) groups is 1. The molecule has 1 amide bonds. The Bertz CT molecular complexity index is 1080. The molecule has 32 heavy (non-hydrogen) atoms. The summed E-state index contributed by atoms with van der Waals surface area (Å²) in [4.78, 5) is 26.8. The molecule has 0 saturated carbocycles. The Hall–Kier alpha value is -2.75. The number of anilines is 1.